The Bertz CT molecular complexity index is 4640. The molecule has 0 aromatic heterocycles. The molecule has 0 saturated heterocycles. The van der Waals surface area contributed by atoms with Gasteiger partial charge in [-0.2, -0.15) is 8.42 Å². The summed E-state index contributed by atoms with van der Waals surface area (Å²) in [5.74, 6) is -9.39. The molecule has 0 aliphatic carbocycles. The van der Waals surface area contributed by atoms with E-state index in [1.54, 1.807) is 84.9 Å². The summed E-state index contributed by atoms with van der Waals surface area (Å²) in [6, 6.07) is 20.5. The van der Waals surface area contributed by atoms with Gasteiger partial charge < -0.3 is 129 Å². The van der Waals surface area contributed by atoms with Gasteiger partial charge in [-0.1, -0.05) is 139 Å². The summed E-state index contributed by atoms with van der Waals surface area (Å²) in [6.45, 7) is 25.9. The second-order valence-electron chi connectivity index (χ2n) is 34.6. The molecule has 0 fully saturated rings. The average Bonchev–Trinajstić information content (AvgIpc) is 1.66. The van der Waals surface area contributed by atoms with E-state index < -0.39 is 133 Å². The molecule has 0 saturated carbocycles. The zero-order chi connectivity index (χ0) is 108. The maximum absolute atomic E-state index is 13.9. The van der Waals surface area contributed by atoms with E-state index in [-0.39, 0.29) is 245 Å². The molecule has 1 aliphatic heterocycles. The zero-order valence-electron chi connectivity index (χ0n) is 86.5. The fraction of sp³-hybridized carbons (Fsp3) is 0.626. The quantitative estimate of drug-likeness (QED) is 0.00652. The Labute approximate surface area is 912 Å². The maximum Gasteiger partial charge on any atom is 1.00 e. The number of carboxylic acid groups (broad SMARTS) is 1. The molecule has 0 spiro atoms. The van der Waals surface area contributed by atoms with Crippen LogP contribution in [0.1, 0.15) is 201 Å². The van der Waals surface area contributed by atoms with Gasteiger partial charge in [0.2, 0.25) is 27.7 Å². The molecule has 0 radical (unpaired) electrons. The van der Waals surface area contributed by atoms with E-state index in [1.807, 2.05) is 47.6 Å². The maximum atomic E-state index is 13.9. The summed E-state index contributed by atoms with van der Waals surface area (Å²) in [7, 11) is -10.6. The van der Waals surface area contributed by atoms with Crippen LogP contribution in [0.2, 0.25) is 11.1 Å². The van der Waals surface area contributed by atoms with Gasteiger partial charge in [0.15, 0.2) is 0 Å². The summed E-state index contributed by atoms with van der Waals surface area (Å²) in [5, 5.41) is 119. The van der Waals surface area contributed by atoms with Crippen LogP contribution in [-0.4, -0.2) is 304 Å². The number of nitrogens with one attached hydrogen (secondary N) is 5. The predicted octanol–water partition coefficient (Wildman–Crippen LogP) is -4.41. The number of halogens is 1. The molecule has 18 N–H and O–H groups in total. The SMILES string of the molecule is CCC(CC(C)(C)B(O)O)C(=O)OCCOC.CCC(CC(C)B(O)O)C(=O)OCCOC.CCC(CC(C)C(=O)NCCNC(=O)c1ccc(B(O)O)cc1F)C(=O)OCCOC.CCC(CC(C)C(=O)NCCNS(=O)(=O)c1ccc(B(O)O)cc1)C(=O)OCCOC.CCC(CC(C)C(=O)Nc1ccc2c(c1)B(O)OC2)C(=O)OCCCS(=O)(=O)O.CCC(CC(C)c1cccc(B(O)O)c1)C(=O)O.[K+].[Na+]. The molecule has 4 amide bonds. The van der Waals surface area contributed by atoms with Crippen molar-refractivity contribution in [1.29, 1.82) is 0 Å². The summed E-state index contributed by atoms with van der Waals surface area (Å²) >= 11 is 0. The summed E-state index contributed by atoms with van der Waals surface area (Å²) in [4.78, 5) is 120. The standard InChI is InChI=1S/C20H30BFN2O7.C19H31BN2O8S.C18H26BNO8S.C13H19BO4.C11H23BO5.C10H21BO5.K.Na/c1-4-14(20(27)31-10-9-30-3)11-13(2)18(25)23-7-8-24-19(26)16-6-5-15(21(28)29)12-17(16)22;1-4-15(19(24)30-12-11-29-3)13-14(2)18(23)21-9-10-22-31(27,28)17-7-5-16(6-8-17)20(25)26;1-3-13(18(22)27-7-4-8-29(24,25)26)9-12(2)17(21)20-15-6-5-14-11-28-19(23)16(14)10-15;1-3-10(13(15)16)7-9(2)11-5-4-6-12(8-11)14(17)18;1-5-9(8-11(2,3)12(14)15)10(13)17-7-6-16-4;1-4-9(7-8(2)11(13)14)10(12)16-6-5-15-3;;/h5-6,12-14,28-29H,4,7-11H2,1-3H3,(H,23,25)(H,24,26);5-8,14-15,22,25-26H,4,9-13H2,1-3H3,(H,21,23);5-6,10,12-13,23H,3-4,7-9,11H2,1-2H3,(H,20,21)(H,24,25,26);4-6,8-10,17-18H,3,7H2,1-2H3,(H,15,16);9,14-15H,5-8H2,1-4H3;8-9,13-14H,4-7H2,1-3H3;;/q;;;;;;2*+1. The number of amides is 4. The predicted molar refractivity (Wildman–Crippen MR) is 531 cm³/mol. The number of esters is 5. The third kappa shape index (κ3) is 58.8. The second-order valence-corrected chi connectivity index (χ2v) is 37.9. The first-order valence-corrected chi connectivity index (χ1v) is 50.2. The summed E-state index contributed by atoms with van der Waals surface area (Å²) < 4.78 is 120. The van der Waals surface area contributed by atoms with Gasteiger partial charge in [-0.3, -0.25) is 52.5 Å². The molecule has 11 atom stereocenters. The van der Waals surface area contributed by atoms with Crippen molar-refractivity contribution >= 4 is 150 Å². The van der Waals surface area contributed by atoms with E-state index in [2.05, 4.69) is 26.0 Å². The number of rotatable bonds is 59. The Morgan fingerprint density at radius 2 is 0.889 bits per heavy atom. The molecule has 144 heavy (non-hydrogen) atoms. The number of methoxy groups -OCH3 is 4. The van der Waals surface area contributed by atoms with E-state index in [1.165, 1.54) is 58.8 Å². The first-order chi connectivity index (χ1) is 66.7. The Morgan fingerprint density at radius 1 is 0.486 bits per heavy atom. The number of hydrogen-bond donors (Lipinski definition) is 18. The Morgan fingerprint density at radius 3 is 1.29 bits per heavy atom. The molecule has 4 aromatic rings. The van der Waals surface area contributed by atoms with Crippen LogP contribution >= 0.6 is 0 Å². The largest absolute Gasteiger partial charge is 1.00 e. The van der Waals surface area contributed by atoms with Crippen LogP contribution in [0.3, 0.4) is 0 Å². The molecule has 0 bridgehead atoms. The number of anilines is 1. The number of ether oxygens (including phenoxy) is 9. The molecular formula is C91H150B6FKN5NaO37S2+2. The van der Waals surface area contributed by atoms with Gasteiger partial charge >= 0.3 is 159 Å². The smallest absolute Gasteiger partial charge is 0.481 e. The molecular weight excluding hydrogens is 1970 g/mol. The fourth-order valence-electron chi connectivity index (χ4n) is 13.5. The summed E-state index contributed by atoms with van der Waals surface area (Å²) in [6.07, 6.45) is 5.67. The van der Waals surface area contributed by atoms with Gasteiger partial charge in [0.1, 0.15) is 32.2 Å². The Kier molecular flexibility index (Phi) is 76.8. The number of hydrogen-bond acceptors (Lipinski definition) is 35. The van der Waals surface area contributed by atoms with Crippen molar-refractivity contribution in [2.75, 3.05) is 125 Å². The minimum Gasteiger partial charge on any atom is -0.481 e. The van der Waals surface area contributed by atoms with Crippen LogP contribution in [0.5, 0.6) is 0 Å². The Balaban J connectivity index is -0.00000169. The number of sulfonamides is 1. The number of carboxylic acids is 1. The van der Waals surface area contributed by atoms with Crippen LogP contribution in [0.15, 0.2) is 89.8 Å². The van der Waals surface area contributed by atoms with Crippen LogP contribution in [0, 0.1) is 59.1 Å². The van der Waals surface area contributed by atoms with Gasteiger partial charge in [0.05, 0.1) is 91.4 Å². The molecule has 798 valence electrons. The molecule has 53 heteroatoms. The number of carbonyl (C=O) groups is 10. The zero-order valence-corrected chi connectivity index (χ0v) is 93.3. The molecule has 1 heterocycles. The van der Waals surface area contributed by atoms with Gasteiger partial charge in [-0.15, -0.1) is 0 Å². The van der Waals surface area contributed by atoms with Crippen molar-refractivity contribution < 1.29 is 262 Å². The van der Waals surface area contributed by atoms with Crippen molar-refractivity contribution in [2.24, 2.45) is 53.3 Å². The van der Waals surface area contributed by atoms with Crippen molar-refractivity contribution in [3.8, 4) is 0 Å². The van der Waals surface area contributed by atoms with Crippen LogP contribution in [-0.2, 0) is 117 Å². The normalized spacial score (nSPS) is 13.6. The summed E-state index contributed by atoms with van der Waals surface area (Å²) in [5.41, 5.74) is 3.24. The molecule has 42 nitrogen and oxygen atoms in total. The molecule has 5 rings (SSSR count). The van der Waals surface area contributed by atoms with Crippen LogP contribution < -0.4 is 129 Å². The van der Waals surface area contributed by atoms with Crippen LogP contribution in [0.4, 0.5) is 10.1 Å². The van der Waals surface area contributed by atoms with Gasteiger partial charge in [-0.05, 0) is 165 Å². The first-order valence-electron chi connectivity index (χ1n) is 47.1. The number of aliphatic carboxylic acids is 1. The first kappa shape index (κ1) is 142. The van der Waals surface area contributed by atoms with Crippen molar-refractivity contribution in [1.82, 2.24) is 20.7 Å². The number of fused-ring (bicyclic) bond motifs is 1. The second kappa shape index (κ2) is 78.0. The Hall–Kier alpha value is -6.28. The van der Waals surface area contributed by atoms with Crippen molar-refractivity contribution in [3.63, 3.8) is 0 Å². The van der Waals surface area contributed by atoms with E-state index >= 15 is 0 Å². The minimum absolute atomic E-state index is 0. The third-order valence-electron chi connectivity index (χ3n) is 22.7. The van der Waals surface area contributed by atoms with Crippen molar-refractivity contribution in [2.45, 2.75) is 202 Å². The fourth-order valence-corrected chi connectivity index (χ4v) is 15.0. The molecule has 4 aromatic carbocycles. The van der Waals surface area contributed by atoms with Gasteiger partial charge in [0.25, 0.3) is 16.0 Å². The van der Waals surface area contributed by atoms with Crippen LogP contribution in [0.25, 0.3) is 0 Å². The number of carbonyl (C=O) groups excluding carboxylic acids is 9. The minimum atomic E-state index is -4.08. The van der Waals surface area contributed by atoms with E-state index in [4.69, 9.17) is 97.1 Å². The van der Waals surface area contributed by atoms with Crippen molar-refractivity contribution in [3.05, 3.63) is 107 Å². The molecule has 11 unspecified atom stereocenters. The topological polar surface area (TPSA) is 654 Å². The van der Waals surface area contributed by atoms with E-state index in [9.17, 15) is 84.2 Å². The van der Waals surface area contributed by atoms with E-state index in [0.29, 0.717) is 120 Å². The number of benzene rings is 4. The van der Waals surface area contributed by atoms with E-state index in [0.717, 1.165) is 23.3 Å². The molecule has 1 aliphatic rings. The monoisotopic (exact) mass is 2120 g/mol. The van der Waals surface area contributed by atoms with Gasteiger partial charge in [-0.25, -0.2) is 17.5 Å². The average molecular weight is 2120 g/mol. The van der Waals surface area contributed by atoms with Gasteiger partial charge in [0, 0.05) is 83.4 Å². The third-order valence-corrected chi connectivity index (χ3v) is 25.0.